The lowest BCUT2D eigenvalue weighted by Crippen LogP contribution is -2.43. The van der Waals surface area contributed by atoms with Crippen LogP contribution in [0.4, 0.5) is 0 Å². The van der Waals surface area contributed by atoms with E-state index in [-0.39, 0.29) is 12.5 Å². The summed E-state index contributed by atoms with van der Waals surface area (Å²) in [5, 5.41) is 0. The van der Waals surface area contributed by atoms with Crippen LogP contribution in [0, 0.1) is 0 Å². The van der Waals surface area contributed by atoms with Crippen molar-refractivity contribution in [1.82, 2.24) is 13.9 Å². The van der Waals surface area contributed by atoms with Gasteiger partial charge < -0.3 is 4.90 Å². The lowest BCUT2D eigenvalue weighted by Gasteiger charge is -2.21. The van der Waals surface area contributed by atoms with Crippen molar-refractivity contribution >= 4 is 16.1 Å². The third-order valence-electron chi connectivity index (χ3n) is 2.84. The number of hydrogen-bond donors (Lipinski definition) is 1. The highest BCUT2D eigenvalue weighted by Gasteiger charge is 2.17. The summed E-state index contributed by atoms with van der Waals surface area (Å²) in [5.41, 5.74) is 1.01. The maximum absolute atomic E-state index is 12.0. The fourth-order valence-electron chi connectivity index (χ4n) is 1.57. The molecule has 0 bridgehead atoms. The van der Waals surface area contributed by atoms with Gasteiger partial charge in [-0.1, -0.05) is 30.3 Å². The molecule has 20 heavy (non-hydrogen) atoms. The van der Waals surface area contributed by atoms with Crippen LogP contribution < -0.4 is 4.72 Å². The SMILES string of the molecule is CCN(Cc1ccccc1)C(=O)CNS(=O)(=O)N(C)C. The molecule has 112 valence electrons. The summed E-state index contributed by atoms with van der Waals surface area (Å²) in [4.78, 5) is 13.6. The molecule has 0 saturated carbocycles. The van der Waals surface area contributed by atoms with E-state index in [4.69, 9.17) is 0 Å². The summed E-state index contributed by atoms with van der Waals surface area (Å²) >= 11 is 0. The van der Waals surface area contributed by atoms with Crippen molar-refractivity contribution in [2.24, 2.45) is 0 Å². The van der Waals surface area contributed by atoms with Gasteiger partial charge in [0, 0.05) is 27.2 Å². The molecule has 0 aliphatic carbocycles. The summed E-state index contributed by atoms with van der Waals surface area (Å²) < 4.78 is 26.4. The first-order valence-electron chi connectivity index (χ1n) is 6.35. The van der Waals surface area contributed by atoms with Crippen molar-refractivity contribution in [2.75, 3.05) is 27.2 Å². The molecular formula is C13H21N3O3S. The van der Waals surface area contributed by atoms with Crippen LogP contribution in [0.15, 0.2) is 30.3 Å². The molecule has 0 atom stereocenters. The molecule has 0 heterocycles. The summed E-state index contributed by atoms with van der Waals surface area (Å²) in [6, 6.07) is 9.58. The molecule has 0 aromatic heterocycles. The van der Waals surface area contributed by atoms with Crippen LogP contribution in [0.3, 0.4) is 0 Å². The van der Waals surface area contributed by atoms with Gasteiger partial charge in [-0.3, -0.25) is 4.79 Å². The van der Waals surface area contributed by atoms with Crippen LogP contribution >= 0.6 is 0 Å². The predicted octanol–water partition coefficient (Wildman–Crippen LogP) is 0.431. The van der Waals surface area contributed by atoms with Crippen LogP contribution in [-0.2, 0) is 21.5 Å². The second kappa shape index (κ2) is 7.37. The Balaban J connectivity index is 2.60. The molecule has 0 saturated heterocycles. The molecular weight excluding hydrogens is 278 g/mol. The Morgan fingerprint density at radius 2 is 1.80 bits per heavy atom. The van der Waals surface area contributed by atoms with Gasteiger partial charge in [0.05, 0.1) is 6.54 Å². The largest absolute Gasteiger partial charge is 0.338 e. The van der Waals surface area contributed by atoms with Gasteiger partial charge in [-0.05, 0) is 12.5 Å². The van der Waals surface area contributed by atoms with E-state index in [2.05, 4.69) is 4.72 Å². The van der Waals surface area contributed by atoms with E-state index in [9.17, 15) is 13.2 Å². The number of likely N-dealkylation sites (N-methyl/N-ethyl adjacent to an activating group) is 1. The molecule has 7 heteroatoms. The Hall–Kier alpha value is -1.44. The molecule has 1 aromatic rings. The third kappa shape index (κ3) is 4.92. The van der Waals surface area contributed by atoms with Crippen LogP contribution in [-0.4, -0.2) is 50.7 Å². The number of rotatable bonds is 7. The zero-order chi connectivity index (χ0) is 15.2. The number of amides is 1. The lowest BCUT2D eigenvalue weighted by molar-refractivity contribution is -0.130. The molecule has 1 rings (SSSR count). The third-order valence-corrected chi connectivity index (χ3v) is 4.31. The molecule has 1 amide bonds. The monoisotopic (exact) mass is 299 g/mol. The number of benzene rings is 1. The summed E-state index contributed by atoms with van der Waals surface area (Å²) in [5.74, 6) is -0.248. The fourth-order valence-corrected chi connectivity index (χ4v) is 2.14. The molecule has 0 fully saturated rings. The van der Waals surface area contributed by atoms with Gasteiger partial charge in [-0.2, -0.15) is 17.4 Å². The zero-order valence-electron chi connectivity index (χ0n) is 12.0. The van der Waals surface area contributed by atoms with Gasteiger partial charge >= 0.3 is 0 Å². The maximum atomic E-state index is 12.0. The first-order chi connectivity index (χ1) is 9.36. The van der Waals surface area contributed by atoms with Crippen molar-refractivity contribution in [1.29, 1.82) is 0 Å². The van der Waals surface area contributed by atoms with E-state index in [0.29, 0.717) is 13.1 Å². The Labute approximate surface area is 120 Å². The van der Waals surface area contributed by atoms with Crippen molar-refractivity contribution in [3.63, 3.8) is 0 Å². The van der Waals surface area contributed by atoms with Gasteiger partial charge in [0.25, 0.3) is 10.2 Å². The number of nitrogens with zero attached hydrogens (tertiary/aromatic N) is 2. The van der Waals surface area contributed by atoms with Crippen LogP contribution in [0.1, 0.15) is 12.5 Å². The standard InChI is InChI=1S/C13H21N3O3S/c1-4-16(11-12-8-6-5-7-9-12)13(17)10-14-20(18,19)15(2)3/h5-9,14H,4,10-11H2,1-3H3. The molecule has 0 aliphatic heterocycles. The highest BCUT2D eigenvalue weighted by atomic mass is 32.2. The van der Waals surface area contributed by atoms with E-state index in [1.54, 1.807) is 4.90 Å². The number of nitrogens with one attached hydrogen (secondary N) is 1. The Morgan fingerprint density at radius 3 is 2.30 bits per heavy atom. The highest BCUT2D eigenvalue weighted by molar-refractivity contribution is 7.87. The topological polar surface area (TPSA) is 69.7 Å². The molecule has 0 spiro atoms. The maximum Gasteiger partial charge on any atom is 0.279 e. The Kier molecular flexibility index (Phi) is 6.12. The summed E-state index contributed by atoms with van der Waals surface area (Å²) in [6.07, 6.45) is 0. The van der Waals surface area contributed by atoms with Gasteiger partial charge in [0.1, 0.15) is 0 Å². The van der Waals surface area contributed by atoms with Gasteiger partial charge in [0.2, 0.25) is 5.91 Å². The first-order valence-corrected chi connectivity index (χ1v) is 7.79. The predicted molar refractivity (Wildman–Crippen MR) is 78.1 cm³/mol. The summed E-state index contributed by atoms with van der Waals surface area (Å²) in [7, 11) is -0.750. The van der Waals surface area contributed by atoms with Crippen molar-refractivity contribution in [2.45, 2.75) is 13.5 Å². The molecule has 0 radical (unpaired) electrons. The van der Waals surface area contributed by atoms with Gasteiger partial charge in [-0.25, -0.2) is 0 Å². The zero-order valence-corrected chi connectivity index (χ0v) is 12.9. The first kappa shape index (κ1) is 16.6. The highest BCUT2D eigenvalue weighted by Crippen LogP contribution is 2.04. The molecule has 0 aliphatic rings. The summed E-state index contributed by atoms with van der Waals surface area (Å²) in [6.45, 7) is 2.62. The van der Waals surface area contributed by atoms with Crippen LogP contribution in [0.2, 0.25) is 0 Å². The van der Waals surface area contributed by atoms with Crippen molar-refractivity contribution in [3.05, 3.63) is 35.9 Å². The average molecular weight is 299 g/mol. The quantitative estimate of drug-likeness (QED) is 0.794. The second-order valence-electron chi connectivity index (χ2n) is 4.50. The van der Waals surface area contributed by atoms with Crippen LogP contribution in [0.5, 0.6) is 0 Å². The van der Waals surface area contributed by atoms with E-state index >= 15 is 0 Å². The van der Waals surface area contributed by atoms with Gasteiger partial charge in [-0.15, -0.1) is 0 Å². The van der Waals surface area contributed by atoms with E-state index in [0.717, 1.165) is 9.87 Å². The molecule has 0 unspecified atom stereocenters. The average Bonchev–Trinajstić information content (AvgIpc) is 2.43. The van der Waals surface area contributed by atoms with Gasteiger partial charge in [0.15, 0.2) is 0 Å². The Bertz CT molecular complexity index is 529. The number of carbonyl (C=O) groups is 1. The van der Waals surface area contributed by atoms with Crippen molar-refractivity contribution < 1.29 is 13.2 Å². The smallest absolute Gasteiger partial charge is 0.279 e. The molecule has 6 nitrogen and oxygen atoms in total. The van der Waals surface area contributed by atoms with E-state index in [1.165, 1.54) is 14.1 Å². The minimum atomic E-state index is -3.57. The Morgan fingerprint density at radius 1 is 1.20 bits per heavy atom. The fraction of sp³-hybridized carbons (Fsp3) is 0.462. The van der Waals surface area contributed by atoms with E-state index in [1.807, 2.05) is 37.3 Å². The lowest BCUT2D eigenvalue weighted by atomic mass is 10.2. The van der Waals surface area contributed by atoms with Crippen molar-refractivity contribution in [3.8, 4) is 0 Å². The van der Waals surface area contributed by atoms with Crippen LogP contribution in [0.25, 0.3) is 0 Å². The normalized spacial score (nSPS) is 11.6. The van der Waals surface area contributed by atoms with E-state index < -0.39 is 10.2 Å². The molecule has 1 N–H and O–H groups in total. The minimum absolute atomic E-state index is 0.235. The minimum Gasteiger partial charge on any atom is -0.338 e. The number of hydrogen-bond acceptors (Lipinski definition) is 3. The number of carbonyl (C=O) groups excluding carboxylic acids is 1. The molecule has 1 aromatic carbocycles. The second-order valence-corrected chi connectivity index (χ2v) is 6.47.